The van der Waals surface area contributed by atoms with Gasteiger partial charge in [0.05, 0.1) is 0 Å². The van der Waals surface area contributed by atoms with E-state index in [2.05, 4.69) is 38.4 Å². The summed E-state index contributed by atoms with van der Waals surface area (Å²) in [4.78, 5) is 16.1. The quantitative estimate of drug-likeness (QED) is 0.169. The van der Waals surface area contributed by atoms with Crippen molar-refractivity contribution in [3.05, 3.63) is 30.3 Å². The van der Waals surface area contributed by atoms with Crippen molar-refractivity contribution in [3.63, 3.8) is 0 Å². The summed E-state index contributed by atoms with van der Waals surface area (Å²) in [6.45, 7) is 11.3. The molecule has 7 nitrogen and oxygen atoms in total. The summed E-state index contributed by atoms with van der Waals surface area (Å²) in [7, 11) is 0. The molecule has 0 atom stereocenters. The van der Waals surface area contributed by atoms with Gasteiger partial charge in [-0.3, -0.25) is 4.99 Å². The molecule has 1 amide bonds. The highest BCUT2D eigenvalue weighted by atomic mass is 127. The van der Waals surface area contributed by atoms with E-state index in [1.54, 1.807) is 0 Å². The van der Waals surface area contributed by atoms with Crippen molar-refractivity contribution in [2.75, 3.05) is 38.0 Å². The van der Waals surface area contributed by atoms with Crippen LogP contribution in [0.5, 0.6) is 0 Å². The number of amides is 1. The summed E-state index contributed by atoms with van der Waals surface area (Å²) < 4.78 is 5.20. The van der Waals surface area contributed by atoms with E-state index < -0.39 is 5.60 Å². The second-order valence-corrected chi connectivity index (χ2v) is 7.12. The number of nitrogens with zero attached hydrogens (tertiary/aromatic N) is 1. The number of hydrogen-bond donors (Lipinski definition) is 4. The van der Waals surface area contributed by atoms with Gasteiger partial charge in [-0.1, -0.05) is 18.2 Å². The zero-order chi connectivity index (χ0) is 20.0. The number of rotatable bonds is 10. The fraction of sp³-hybridized carbons (Fsp3) is 0.600. The first-order valence-corrected chi connectivity index (χ1v) is 9.68. The molecule has 0 aliphatic carbocycles. The van der Waals surface area contributed by atoms with Crippen LogP contribution in [0.4, 0.5) is 10.5 Å². The van der Waals surface area contributed by atoms with Gasteiger partial charge in [-0.2, -0.15) is 0 Å². The van der Waals surface area contributed by atoms with Crippen molar-refractivity contribution in [3.8, 4) is 0 Å². The van der Waals surface area contributed by atoms with E-state index in [0.29, 0.717) is 13.1 Å². The maximum Gasteiger partial charge on any atom is 0.407 e. The Morgan fingerprint density at radius 1 is 1.00 bits per heavy atom. The number of carbonyl (C=O) groups is 1. The molecule has 28 heavy (non-hydrogen) atoms. The van der Waals surface area contributed by atoms with Crippen molar-refractivity contribution in [2.24, 2.45) is 4.99 Å². The lowest BCUT2D eigenvalue weighted by atomic mass is 10.2. The van der Waals surface area contributed by atoms with Crippen LogP contribution in [0.15, 0.2) is 35.3 Å². The first kappa shape index (κ1) is 26.3. The number of hydrogen-bond acceptors (Lipinski definition) is 4. The normalized spacial score (nSPS) is 11.2. The van der Waals surface area contributed by atoms with E-state index in [4.69, 9.17) is 4.74 Å². The van der Waals surface area contributed by atoms with Crippen molar-refractivity contribution in [2.45, 2.75) is 46.1 Å². The molecular formula is C20H36IN5O2. The molecule has 0 fully saturated rings. The summed E-state index contributed by atoms with van der Waals surface area (Å²) >= 11 is 0. The third-order valence-corrected chi connectivity index (χ3v) is 3.37. The Morgan fingerprint density at radius 3 is 2.32 bits per heavy atom. The number of para-hydroxylation sites is 1. The summed E-state index contributed by atoms with van der Waals surface area (Å²) in [5.41, 5.74) is 0.662. The molecule has 8 heteroatoms. The van der Waals surface area contributed by atoms with Crippen molar-refractivity contribution >= 4 is 41.7 Å². The lowest BCUT2D eigenvalue weighted by molar-refractivity contribution is 0.0527. The zero-order valence-electron chi connectivity index (χ0n) is 17.5. The van der Waals surface area contributed by atoms with Crippen LogP contribution in [0, 0.1) is 0 Å². The Balaban J connectivity index is 0.00000729. The van der Waals surface area contributed by atoms with Gasteiger partial charge in [0, 0.05) is 38.4 Å². The van der Waals surface area contributed by atoms with Crippen molar-refractivity contribution < 1.29 is 9.53 Å². The number of halogens is 1. The number of anilines is 1. The second-order valence-electron chi connectivity index (χ2n) is 7.12. The smallest absolute Gasteiger partial charge is 0.407 e. The van der Waals surface area contributed by atoms with Gasteiger partial charge >= 0.3 is 6.09 Å². The first-order valence-electron chi connectivity index (χ1n) is 9.68. The number of nitrogens with one attached hydrogen (secondary N) is 4. The maximum atomic E-state index is 11.6. The molecule has 0 saturated heterocycles. The third kappa shape index (κ3) is 14.4. The summed E-state index contributed by atoms with van der Waals surface area (Å²) in [5.74, 6) is 0.800. The predicted octanol–water partition coefficient (Wildman–Crippen LogP) is 3.58. The number of carbonyl (C=O) groups excluding carboxylic acids is 1. The molecule has 0 heterocycles. The highest BCUT2D eigenvalue weighted by molar-refractivity contribution is 14.0. The lowest BCUT2D eigenvalue weighted by Gasteiger charge is -2.19. The largest absolute Gasteiger partial charge is 0.444 e. The standard InChI is InChI=1S/C20H35N5O2.HI/c1-5-21-18(23-14-9-13-22-17-11-7-6-8-12-17)24-15-10-16-25-19(26)27-20(2,3)4;/h6-8,11-12,22H,5,9-10,13-16H2,1-4H3,(H,25,26)(H2,21,23,24);1H. The zero-order valence-corrected chi connectivity index (χ0v) is 19.8. The van der Waals surface area contributed by atoms with Crippen LogP contribution in [0.2, 0.25) is 0 Å². The first-order chi connectivity index (χ1) is 12.9. The minimum absolute atomic E-state index is 0. The van der Waals surface area contributed by atoms with Gasteiger partial charge in [0.2, 0.25) is 0 Å². The SMILES string of the molecule is CCNC(=NCCCNC(=O)OC(C)(C)C)NCCCNc1ccccc1.I. The molecule has 0 aromatic heterocycles. The molecule has 160 valence electrons. The molecule has 0 bridgehead atoms. The van der Waals surface area contributed by atoms with E-state index in [0.717, 1.165) is 44.1 Å². The Bertz CT molecular complexity index is 561. The van der Waals surface area contributed by atoms with Crippen molar-refractivity contribution in [1.82, 2.24) is 16.0 Å². The number of ether oxygens (including phenoxy) is 1. The summed E-state index contributed by atoms with van der Waals surface area (Å²) in [5, 5.41) is 12.7. The van der Waals surface area contributed by atoms with Crippen LogP contribution in [-0.2, 0) is 4.74 Å². The Hall–Kier alpha value is -1.71. The van der Waals surface area contributed by atoms with Crippen LogP contribution in [0.3, 0.4) is 0 Å². The molecule has 0 aliphatic heterocycles. The van der Waals surface area contributed by atoms with E-state index in [1.165, 1.54) is 0 Å². The topological polar surface area (TPSA) is 86.8 Å². The average molecular weight is 505 g/mol. The molecule has 1 aromatic rings. The maximum absolute atomic E-state index is 11.6. The molecule has 1 aromatic carbocycles. The highest BCUT2D eigenvalue weighted by Gasteiger charge is 2.15. The van der Waals surface area contributed by atoms with E-state index in [-0.39, 0.29) is 30.1 Å². The number of guanidine groups is 1. The van der Waals surface area contributed by atoms with E-state index >= 15 is 0 Å². The van der Waals surface area contributed by atoms with Crippen LogP contribution in [0.1, 0.15) is 40.5 Å². The summed E-state index contributed by atoms with van der Waals surface area (Å²) in [6.07, 6.45) is 1.35. The van der Waals surface area contributed by atoms with E-state index in [1.807, 2.05) is 45.9 Å². The Kier molecular flexibility index (Phi) is 14.3. The molecule has 1 rings (SSSR count). The van der Waals surface area contributed by atoms with Crippen LogP contribution in [-0.4, -0.2) is 50.4 Å². The van der Waals surface area contributed by atoms with Gasteiger partial charge < -0.3 is 26.0 Å². The van der Waals surface area contributed by atoms with Crippen LogP contribution < -0.4 is 21.3 Å². The monoisotopic (exact) mass is 505 g/mol. The molecule has 0 spiro atoms. The number of aliphatic imine (C=N–C) groups is 1. The van der Waals surface area contributed by atoms with Gasteiger partial charge in [0.15, 0.2) is 5.96 Å². The molecule has 0 unspecified atom stereocenters. The van der Waals surface area contributed by atoms with Gasteiger partial charge in [0.1, 0.15) is 5.60 Å². The number of alkyl carbamates (subject to hydrolysis) is 1. The molecule has 0 radical (unpaired) electrons. The average Bonchev–Trinajstić information content (AvgIpc) is 2.60. The summed E-state index contributed by atoms with van der Waals surface area (Å²) in [6, 6.07) is 10.2. The third-order valence-electron chi connectivity index (χ3n) is 3.37. The van der Waals surface area contributed by atoms with Crippen LogP contribution >= 0.6 is 24.0 Å². The van der Waals surface area contributed by atoms with E-state index in [9.17, 15) is 4.79 Å². The van der Waals surface area contributed by atoms with Gasteiger partial charge in [-0.25, -0.2) is 4.79 Å². The molecular weight excluding hydrogens is 469 g/mol. The van der Waals surface area contributed by atoms with Gasteiger partial charge in [-0.05, 0) is 52.7 Å². The molecule has 0 saturated carbocycles. The van der Waals surface area contributed by atoms with Crippen molar-refractivity contribution in [1.29, 1.82) is 0 Å². The minimum atomic E-state index is -0.472. The minimum Gasteiger partial charge on any atom is -0.444 e. The highest BCUT2D eigenvalue weighted by Crippen LogP contribution is 2.06. The lowest BCUT2D eigenvalue weighted by Crippen LogP contribution is -2.38. The number of benzene rings is 1. The Morgan fingerprint density at radius 2 is 1.68 bits per heavy atom. The predicted molar refractivity (Wildman–Crippen MR) is 128 cm³/mol. The second kappa shape index (κ2) is 15.2. The molecule has 4 N–H and O–H groups in total. The fourth-order valence-corrected chi connectivity index (χ4v) is 2.20. The Labute approximate surface area is 186 Å². The fourth-order valence-electron chi connectivity index (χ4n) is 2.20. The molecule has 0 aliphatic rings. The van der Waals surface area contributed by atoms with Crippen LogP contribution in [0.25, 0.3) is 0 Å². The van der Waals surface area contributed by atoms with Gasteiger partial charge in [0.25, 0.3) is 0 Å². The van der Waals surface area contributed by atoms with Gasteiger partial charge in [-0.15, -0.1) is 24.0 Å².